The topological polar surface area (TPSA) is 94.6 Å². The van der Waals surface area contributed by atoms with Gasteiger partial charge in [0.15, 0.2) is 5.03 Å². The highest BCUT2D eigenvalue weighted by Gasteiger charge is 2.13. The molecule has 0 atom stereocenters. The van der Waals surface area contributed by atoms with E-state index < -0.39 is 15.0 Å². The Morgan fingerprint density at radius 2 is 1.74 bits per heavy atom. The molecule has 7 nitrogen and oxygen atoms in total. The van der Waals surface area contributed by atoms with Gasteiger partial charge in [-0.3, -0.25) is 4.79 Å². The minimum Gasteiger partial charge on any atom is -0.497 e. The average molecular weight is 357 g/mol. The first-order valence-electron chi connectivity index (χ1n) is 6.28. The summed E-state index contributed by atoms with van der Waals surface area (Å²) in [5, 5.41) is 2.30. The number of carbonyl (C=O) groups excluding carboxylic acids is 1. The van der Waals surface area contributed by atoms with Crippen LogP contribution in [0.4, 0.5) is 5.69 Å². The summed E-state index contributed by atoms with van der Waals surface area (Å²) in [5.74, 6) is 0.512. The maximum absolute atomic E-state index is 12.2. The van der Waals surface area contributed by atoms with Gasteiger partial charge >= 0.3 is 0 Å². The van der Waals surface area contributed by atoms with Gasteiger partial charge in [0.05, 0.1) is 26.1 Å². The van der Waals surface area contributed by atoms with Crippen LogP contribution in [0.15, 0.2) is 41.6 Å². The summed E-state index contributed by atoms with van der Waals surface area (Å²) in [5.41, 5.74) is 0.635. The highest BCUT2D eigenvalue weighted by Crippen LogP contribution is 2.23. The molecule has 2 aromatic rings. The summed E-state index contributed by atoms with van der Waals surface area (Å²) in [6.07, 6.45) is 1.20. The highest BCUT2D eigenvalue weighted by molar-refractivity contribution is 8.13. The molecule has 0 saturated heterocycles. The van der Waals surface area contributed by atoms with E-state index in [9.17, 15) is 13.2 Å². The number of amides is 1. The fourth-order valence-electron chi connectivity index (χ4n) is 1.74. The van der Waals surface area contributed by atoms with Gasteiger partial charge in [0, 0.05) is 22.3 Å². The number of rotatable bonds is 5. The molecular weight excluding hydrogens is 344 g/mol. The number of halogens is 1. The van der Waals surface area contributed by atoms with Crippen LogP contribution in [-0.2, 0) is 9.05 Å². The van der Waals surface area contributed by atoms with E-state index in [4.69, 9.17) is 20.2 Å². The van der Waals surface area contributed by atoms with E-state index in [1.807, 2.05) is 0 Å². The lowest BCUT2D eigenvalue weighted by molar-refractivity contribution is 0.102. The largest absolute Gasteiger partial charge is 0.497 e. The first-order valence-corrected chi connectivity index (χ1v) is 8.59. The maximum Gasteiger partial charge on any atom is 0.278 e. The number of nitrogens with one attached hydrogen (secondary N) is 1. The number of carbonyl (C=O) groups is 1. The summed E-state index contributed by atoms with van der Waals surface area (Å²) in [7, 11) is 4.23. The van der Waals surface area contributed by atoms with Gasteiger partial charge in [0.25, 0.3) is 15.0 Å². The van der Waals surface area contributed by atoms with Crippen LogP contribution in [0.3, 0.4) is 0 Å². The van der Waals surface area contributed by atoms with Crippen molar-refractivity contribution in [2.75, 3.05) is 19.5 Å². The monoisotopic (exact) mass is 356 g/mol. The average Bonchev–Trinajstić information content (AvgIpc) is 2.53. The van der Waals surface area contributed by atoms with E-state index in [0.29, 0.717) is 22.7 Å². The Labute approximate surface area is 137 Å². The minimum atomic E-state index is -3.90. The zero-order chi connectivity index (χ0) is 17.0. The standard InChI is InChI=1S/C14H13ClN2O5S/c1-21-11-5-9(6-12(7-11)22-2)14(18)17-10-3-4-13(16-8-10)23(15,19)20/h3-8H,1-2H3,(H,17,18). The molecule has 0 aliphatic heterocycles. The predicted octanol–water partition coefficient (Wildman–Crippen LogP) is 2.28. The molecule has 1 N–H and O–H groups in total. The van der Waals surface area contributed by atoms with E-state index >= 15 is 0 Å². The van der Waals surface area contributed by atoms with Gasteiger partial charge in [-0.25, -0.2) is 13.4 Å². The molecule has 122 valence electrons. The Morgan fingerprint density at radius 3 is 2.17 bits per heavy atom. The molecule has 0 radical (unpaired) electrons. The molecule has 23 heavy (non-hydrogen) atoms. The van der Waals surface area contributed by atoms with Gasteiger partial charge in [0.1, 0.15) is 11.5 Å². The van der Waals surface area contributed by atoms with E-state index in [0.717, 1.165) is 0 Å². The van der Waals surface area contributed by atoms with Gasteiger partial charge in [-0.05, 0) is 24.3 Å². The van der Waals surface area contributed by atoms with Crippen molar-refractivity contribution < 1.29 is 22.7 Å². The van der Waals surface area contributed by atoms with E-state index in [1.165, 1.54) is 32.5 Å². The number of ether oxygens (including phenoxy) is 2. The van der Waals surface area contributed by atoms with Crippen LogP contribution < -0.4 is 14.8 Å². The van der Waals surface area contributed by atoms with Crippen LogP contribution in [0.25, 0.3) is 0 Å². The number of anilines is 1. The van der Waals surface area contributed by atoms with Crippen molar-refractivity contribution >= 4 is 31.3 Å². The molecule has 2 rings (SSSR count). The molecule has 0 spiro atoms. The van der Waals surface area contributed by atoms with Crippen LogP contribution in [0.1, 0.15) is 10.4 Å². The summed E-state index contributed by atoms with van der Waals surface area (Å²) in [6, 6.07) is 7.31. The number of pyridine rings is 1. The smallest absolute Gasteiger partial charge is 0.278 e. The predicted molar refractivity (Wildman–Crippen MR) is 84.8 cm³/mol. The molecule has 1 aromatic heterocycles. The zero-order valence-electron chi connectivity index (χ0n) is 12.2. The van der Waals surface area contributed by atoms with Crippen LogP contribution in [0.5, 0.6) is 11.5 Å². The van der Waals surface area contributed by atoms with E-state index in [-0.39, 0.29) is 5.03 Å². The molecule has 9 heteroatoms. The lowest BCUT2D eigenvalue weighted by atomic mass is 10.2. The molecular formula is C14H13ClN2O5S. The zero-order valence-corrected chi connectivity index (χ0v) is 13.8. The first kappa shape index (κ1) is 17.0. The Hall–Kier alpha value is -2.32. The molecule has 0 aliphatic rings. The van der Waals surface area contributed by atoms with E-state index in [2.05, 4.69) is 10.3 Å². The number of methoxy groups -OCH3 is 2. The Bertz CT molecular complexity index is 799. The Balaban J connectivity index is 2.22. The molecule has 0 saturated carbocycles. The van der Waals surface area contributed by atoms with Gasteiger partial charge in [0.2, 0.25) is 0 Å². The third kappa shape index (κ3) is 4.33. The maximum atomic E-state index is 12.2. The van der Waals surface area contributed by atoms with Gasteiger partial charge in [-0.2, -0.15) is 0 Å². The number of nitrogens with zero attached hydrogens (tertiary/aromatic N) is 1. The third-order valence-corrected chi connectivity index (χ3v) is 4.07. The summed E-state index contributed by atoms with van der Waals surface area (Å²) in [6.45, 7) is 0. The molecule has 0 bridgehead atoms. The van der Waals surface area contributed by atoms with Crippen LogP contribution in [0, 0.1) is 0 Å². The fraction of sp³-hybridized carbons (Fsp3) is 0.143. The number of hydrogen-bond donors (Lipinski definition) is 1. The number of benzene rings is 1. The summed E-state index contributed by atoms with van der Waals surface area (Å²) in [4.78, 5) is 15.9. The van der Waals surface area contributed by atoms with Crippen molar-refractivity contribution in [2.45, 2.75) is 5.03 Å². The van der Waals surface area contributed by atoms with Crippen molar-refractivity contribution in [1.82, 2.24) is 4.98 Å². The molecule has 1 aromatic carbocycles. The normalized spacial score (nSPS) is 10.9. The second-order valence-corrected chi connectivity index (χ2v) is 6.89. The SMILES string of the molecule is COc1cc(OC)cc(C(=O)Nc2ccc(S(=O)(=O)Cl)nc2)c1. The van der Waals surface area contributed by atoms with Crippen molar-refractivity contribution in [2.24, 2.45) is 0 Å². The van der Waals surface area contributed by atoms with Crippen molar-refractivity contribution in [3.05, 3.63) is 42.1 Å². The van der Waals surface area contributed by atoms with Crippen LogP contribution in [0.2, 0.25) is 0 Å². The molecule has 0 fully saturated rings. The molecule has 1 heterocycles. The lowest BCUT2D eigenvalue weighted by Crippen LogP contribution is -2.12. The minimum absolute atomic E-state index is 0.291. The van der Waals surface area contributed by atoms with Crippen molar-refractivity contribution in [1.29, 1.82) is 0 Å². The van der Waals surface area contributed by atoms with Gasteiger partial charge < -0.3 is 14.8 Å². The van der Waals surface area contributed by atoms with Crippen molar-refractivity contribution in [3.63, 3.8) is 0 Å². The molecule has 0 aliphatic carbocycles. The van der Waals surface area contributed by atoms with Gasteiger partial charge in [-0.15, -0.1) is 0 Å². The quantitative estimate of drug-likeness (QED) is 0.826. The lowest BCUT2D eigenvalue weighted by Gasteiger charge is -2.09. The number of hydrogen-bond acceptors (Lipinski definition) is 6. The van der Waals surface area contributed by atoms with Crippen molar-refractivity contribution in [3.8, 4) is 11.5 Å². The Kier molecular flexibility index (Phi) is 5.07. The second kappa shape index (κ2) is 6.84. The number of aromatic nitrogens is 1. The molecule has 1 amide bonds. The van der Waals surface area contributed by atoms with Crippen LogP contribution >= 0.6 is 10.7 Å². The van der Waals surface area contributed by atoms with Crippen LogP contribution in [-0.4, -0.2) is 33.5 Å². The third-order valence-electron chi connectivity index (χ3n) is 2.86. The van der Waals surface area contributed by atoms with E-state index in [1.54, 1.807) is 18.2 Å². The summed E-state index contributed by atoms with van der Waals surface area (Å²) < 4.78 is 32.4. The highest BCUT2D eigenvalue weighted by atomic mass is 35.7. The second-order valence-electron chi connectivity index (χ2n) is 4.38. The molecule has 0 unspecified atom stereocenters. The fourth-order valence-corrected chi connectivity index (χ4v) is 2.42. The van der Waals surface area contributed by atoms with Gasteiger partial charge in [-0.1, -0.05) is 0 Å². The Morgan fingerprint density at radius 1 is 1.13 bits per heavy atom. The summed E-state index contributed by atoms with van der Waals surface area (Å²) >= 11 is 0. The first-order chi connectivity index (χ1) is 10.8.